The van der Waals surface area contributed by atoms with Crippen LogP contribution in [0.25, 0.3) is 11.0 Å². The first kappa shape index (κ1) is 22.1. The van der Waals surface area contributed by atoms with Gasteiger partial charge in [-0.1, -0.05) is 11.6 Å². The zero-order valence-electron chi connectivity index (χ0n) is 12.2. The summed E-state index contributed by atoms with van der Waals surface area (Å²) < 4.78 is 3.35. The number of hydrogen-bond acceptors (Lipinski definition) is 6. The fourth-order valence-electron chi connectivity index (χ4n) is 1.64. The number of carboxylic acids is 2. The van der Waals surface area contributed by atoms with Crippen LogP contribution >= 0.6 is 34.2 Å². The average Bonchev–Trinajstić information content (AvgIpc) is 3.13. The van der Waals surface area contributed by atoms with E-state index in [2.05, 4.69) is 43.3 Å². The van der Waals surface area contributed by atoms with Gasteiger partial charge in [0.2, 0.25) is 0 Å². The van der Waals surface area contributed by atoms with E-state index in [4.69, 9.17) is 31.4 Å². The first-order chi connectivity index (χ1) is 10.2. The van der Waals surface area contributed by atoms with Crippen molar-refractivity contribution in [3.63, 3.8) is 0 Å². The largest absolute Gasteiger partial charge is 2.00 e. The third kappa shape index (κ3) is 7.47. The van der Waals surface area contributed by atoms with Gasteiger partial charge in [0, 0.05) is 27.7 Å². The quantitative estimate of drug-likeness (QED) is 0.321. The Bertz CT molecular complexity index is 671. The van der Waals surface area contributed by atoms with Crippen LogP contribution in [0.1, 0.15) is 32.7 Å². The summed E-state index contributed by atoms with van der Waals surface area (Å²) in [6, 6.07) is 0.631. The van der Waals surface area contributed by atoms with E-state index in [-0.39, 0.29) is 17.1 Å². The summed E-state index contributed by atoms with van der Waals surface area (Å²) in [5.74, 6) is -2.17. The fourth-order valence-corrected chi connectivity index (χ4v) is 2.82. The van der Waals surface area contributed by atoms with Crippen LogP contribution in [0.4, 0.5) is 0 Å². The molecule has 23 heavy (non-hydrogen) atoms. The van der Waals surface area contributed by atoms with Gasteiger partial charge in [-0.25, -0.2) is 9.97 Å². The minimum absolute atomic E-state index is 0. The van der Waals surface area contributed by atoms with Gasteiger partial charge in [0.15, 0.2) is 0 Å². The smallest absolute Gasteiger partial charge is 0.550 e. The molecule has 0 aliphatic heterocycles. The van der Waals surface area contributed by atoms with Crippen LogP contribution in [0.3, 0.4) is 0 Å². The molecule has 0 N–H and O–H groups in total. The van der Waals surface area contributed by atoms with Crippen LogP contribution in [0.2, 0.25) is 5.15 Å². The fraction of sp³-hybridized carbons (Fsp3) is 0.385. The molecule has 1 aliphatic rings. The van der Waals surface area contributed by atoms with Crippen LogP contribution in [-0.4, -0.2) is 26.5 Å². The second-order valence-electron chi connectivity index (χ2n) is 4.46. The first-order valence-electron chi connectivity index (χ1n) is 6.25. The molecule has 0 spiro atoms. The van der Waals surface area contributed by atoms with Crippen molar-refractivity contribution in [2.24, 2.45) is 0 Å². The van der Waals surface area contributed by atoms with Gasteiger partial charge < -0.3 is 24.4 Å². The van der Waals surface area contributed by atoms with Crippen LogP contribution in [0.5, 0.6) is 0 Å². The Morgan fingerprint density at radius 3 is 2.17 bits per heavy atom. The standard InChI is InChI=1S/C9H7ClIN3.2C2H4O2.Cu/c10-8-7-6(11)3-14(5-1-2-5)9(7)13-4-12-8;2*1-2(3)4;/h3-5H,1-2H2;2*1H3,(H,3,4);/q;;;+2/p-2. The van der Waals surface area contributed by atoms with Gasteiger partial charge in [-0.05, 0) is 49.3 Å². The second kappa shape index (κ2) is 10.1. The van der Waals surface area contributed by atoms with Crippen molar-refractivity contribution < 1.29 is 36.9 Å². The number of halogens is 2. The molecule has 129 valence electrons. The maximum atomic E-state index is 8.89. The van der Waals surface area contributed by atoms with Gasteiger partial charge in [0.05, 0.1) is 5.39 Å². The van der Waals surface area contributed by atoms with Gasteiger partial charge >= 0.3 is 17.1 Å². The summed E-state index contributed by atoms with van der Waals surface area (Å²) in [7, 11) is 0. The molecular weight excluding hydrogens is 488 g/mol. The number of rotatable bonds is 1. The maximum Gasteiger partial charge on any atom is 2.00 e. The van der Waals surface area contributed by atoms with E-state index < -0.39 is 11.9 Å². The Hall–Kier alpha value is -0.901. The number of aromatic nitrogens is 3. The van der Waals surface area contributed by atoms with Crippen LogP contribution in [0.15, 0.2) is 12.5 Å². The Morgan fingerprint density at radius 1 is 1.26 bits per heavy atom. The molecule has 2 aromatic heterocycles. The Morgan fingerprint density at radius 2 is 1.74 bits per heavy atom. The molecular formula is C13H13ClCuIN3O4. The molecule has 1 aliphatic carbocycles. The number of carboxylic acid groups (broad SMARTS) is 2. The van der Waals surface area contributed by atoms with Crippen molar-refractivity contribution >= 4 is 57.2 Å². The summed E-state index contributed by atoms with van der Waals surface area (Å²) in [6.45, 7) is 1.94. The SMILES string of the molecule is CC(=O)[O-].CC(=O)[O-].Clc1ncnc2c1c(I)cn2C1CC1.[Cu+2]. The van der Waals surface area contributed by atoms with Crippen LogP contribution < -0.4 is 10.2 Å². The number of carbonyl (C=O) groups is 2. The van der Waals surface area contributed by atoms with Gasteiger partial charge in [-0.2, -0.15) is 0 Å². The Balaban J connectivity index is 0.000000461. The molecule has 0 unspecified atom stereocenters. The normalized spacial score (nSPS) is 12.2. The summed E-state index contributed by atoms with van der Waals surface area (Å²) in [4.78, 5) is 26.1. The molecule has 10 heteroatoms. The zero-order chi connectivity index (χ0) is 16.9. The van der Waals surface area contributed by atoms with Crippen molar-refractivity contribution in [1.82, 2.24) is 14.5 Å². The van der Waals surface area contributed by atoms with E-state index in [1.165, 1.54) is 19.2 Å². The number of hydrogen-bond donors (Lipinski definition) is 0. The maximum absolute atomic E-state index is 8.89. The number of fused-ring (bicyclic) bond motifs is 1. The summed E-state index contributed by atoms with van der Waals surface area (Å²) in [5.41, 5.74) is 0.969. The van der Waals surface area contributed by atoms with Gasteiger partial charge in [0.25, 0.3) is 0 Å². The molecule has 0 atom stereocenters. The number of nitrogens with zero attached hydrogens (tertiary/aromatic N) is 3. The van der Waals surface area contributed by atoms with E-state index in [0.717, 1.165) is 28.5 Å². The Kier molecular flexibility index (Phi) is 9.67. The molecule has 1 fully saturated rings. The van der Waals surface area contributed by atoms with Gasteiger partial charge in [-0.15, -0.1) is 0 Å². The third-order valence-electron chi connectivity index (χ3n) is 2.46. The molecule has 0 bridgehead atoms. The van der Waals surface area contributed by atoms with Crippen molar-refractivity contribution in [2.45, 2.75) is 32.7 Å². The molecule has 2 heterocycles. The Labute approximate surface area is 162 Å². The molecule has 0 amide bonds. The van der Waals surface area contributed by atoms with Gasteiger partial charge in [0.1, 0.15) is 17.1 Å². The molecule has 3 rings (SSSR count). The van der Waals surface area contributed by atoms with Crippen molar-refractivity contribution in [3.8, 4) is 0 Å². The number of carbonyl (C=O) groups excluding carboxylic acids is 2. The molecule has 1 radical (unpaired) electrons. The average molecular weight is 501 g/mol. The van der Waals surface area contributed by atoms with Crippen molar-refractivity contribution in [2.75, 3.05) is 0 Å². The predicted octanol–water partition coefficient (Wildman–Crippen LogP) is 0.534. The first-order valence-corrected chi connectivity index (χ1v) is 7.71. The molecule has 2 aromatic rings. The van der Waals surface area contributed by atoms with E-state index in [1.54, 1.807) is 0 Å². The topological polar surface area (TPSA) is 111 Å². The van der Waals surface area contributed by atoms with E-state index >= 15 is 0 Å². The second-order valence-corrected chi connectivity index (χ2v) is 5.98. The molecule has 7 nitrogen and oxygen atoms in total. The van der Waals surface area contributed by atoms with E-state index in [1.807, 2.05) is 0 Å². The van der Waals surface area contributed by atoms with Crippen LogP contribution in [-0.2, 0) is 26.7 Å². The van der Waals surface area contributed by atoms with E-state index in [9.17, 15) is 0 Å². The van der Waals surface area contributed by atoms with Gasteiger partial charge in [-0.3, -0.25) is 0 Å². The number of aliphatic carboxylic acids is 2. The van der Waals surface area contributed by atoms with E-state index in [0.29, 0.717) is 11.2 Å². The molecule has 1 saturated carbocycles. The minimum atomic E-state index is -1.08. The molecule has 0 saturated heterocycles. The van der Waals surface area contributed by atoms with Crippen molar-refractivity contribution in [1.29, 1.82) is 0 Å². The van der Waals surface area contributed by atoms with Crippen molar-refractivity contribution in [3.05, 3.63) is 21.2 Å². The summed E-state index contributed by atoms with van der Waals surface area (Å²) >= 11 is 8.31. The minimum Gasteiger partial charge on any atom is -0.550 e. The summed E-state index contributed by atoms with van der Waals surface area (Å²) in [5, 5.41) is 19.3. The zero-order valence-corrected chi connectivity index (χ0v) is 16.0. The summed E-state index contributed by atoms with van der Waals surface area (Å²) in [6.07, 6.45) is 6.14. The third-order valence-corrected chi connectivity index (χ3v) is 3.56. The predicted molar refractivity (Wildman–Crippen MR) is 84.9 cm³/mol. The molecule has 0 aromatic carbocycles. The van der Waals surface area contributed by atoms with Crippen LogP contribution in [0, 0.1) is 3.57 Å². The monoisotopic (exact) mass is 500 g/mol.